The highest BCUT2D eigenvalue weighted by Crippen LogP contribution is 2.16. The van der Waals surface area contributed by atoms with E-state index >= 15 is 0 Å². The molecule has 0 aliphatic carbocycles. The smallest absolute Gasteiger partial charge is 0.244 e. The number of nitrogens with zero attached hydrogens (tertiary/aromatic N) is 5. The molecule has 1 aromatic heterocycles. The van der Waals surface area contributed by atoms with Gasteiger partial charge in [-0.05, 0) is 19.3 Å². The lowest BCUT2D eigenvalue weighted by Gasteiger charge is -2.27. The van der Waals surface area contributed by atoms with E-state index in [-0.39, 0.29) is 0 Å². The Morgan fingerprint density at radius 1 is 1.10 bits per heavy atom. The summed E-state index contributed by atoms with van der Waals surface area (Å²) in [4.78, 5) is 9.26. The van der Waals surface area contributed by atoms with Crippen molar-refractivity contribution in [2.75, 3.05) is 62.7 Å². The molecule has 2 aliphatic heterocycles. The van der Waals surface area contributed by atoms with Crippen LogP contribution in [0.25, 0.3) is 0 Å². The maximum Gasteiger partial charge on any atom is 0.244 e. The molecular weight excluding hydrogens is 268 g/mol. The predicted molar refractivity (Wildman–Crippen MR) is 81.6 cm³/mol. The Balaban J connectivity index is 1.48. The first kappa shape index (κ1) is 14.5. The van der Waals surface area contributed by atoms with Gasteiger partial charge in [-0.15, -0.1) is 5.10 Å². The molecule has 1 aromatic rings. The van der Waals surface area contributed by atoms with E-state index in [2.05, 4.69) is 30.3 Å². The Labute approximate surface area is 125 Å². The van der Waals surface area contributed by atoms with Crippen molar-refractivity contribution in [2.45, 2.75) is 19.3 Å². The third-order valence-corrected chi connectivity index (χ3v) is 4.04. The number of anilines is 2. The average molecular weight is 292 g/mol. The summed E-state index contributed by atoms with van der Waals surface area (Å²) in [5.41, 5.74) is 0. The van der Waals surface area contributed by atoms with E-state index in [1.807, 2.05) is 0 Å². The molecule has 0 bridgehead atoms. The fourth-order valence-electron chi connectivity index (χ4n) is 2.80. The van der Waals surface area contributed by atoms with Gasteiger partial charge in [0, 0.05) is 39.3 Å². The zero-order valence-corrected chi connectivity index (χ0v) is 12.5. The normalized spacial score (nSPS) is 20.5. The minimum absolute atomic E-state index is 0.631. The first-order valence-electron chi connectivity index (χ1n) is 7.90. The topological polar surface area (TPSA) is 66.4 Å². The van der Waals surface area contributed by atoms with Crippen LogP contribution in [0, 0.1) is 0 Å². The third kappa shape index (κ3) is 4.25. The SMILES string of the molecule is c1nnc(NCCN2CCOCC2)nc1N1CCCCC1. The lowest BCUT2D eigenvalue weighted by molar-refractivity contribution is 0.0398. The van der Waals surface area contributed by atoms with Crippen LogP contribution in [0.2, 0.25) is 0 Å². The molecule has 0 spiro atoms. The van der Waals surface area contributed by atoms with Crippen LogP contribution >= 0.6 is 0 Å². The van der Waals surface area contributed by atoms with Crippen molar-refractivity contribution in [3.8, 4) is 0 Å². The van der Waals surface area contributed by atoms with Crippen molar-refractivity contribution in [1.82, 2.24) is 20.1 Å². The summed E-state index contributed by atoms with van der Waals surface area (Å²) in [6, 6.07) is 0. The Hall–Kier alpha value is -1.47. The summed E-state index contributed by atoms with van der Waals surface area (Å²) in [6.07, 6.45) is 5.56. The molecule has 2 aliphatic rings. The van der Waals surface area contributed by atoms with E-state index in [4.69, 9.17) is 4.74 Å². The van der Waals surface area contributed by atoms with Crippen LogP contribution in [0.4, 0.5) is 11.8 Å². The third-order valence-electron chi connectivity index (χ3n) is 4.04. The molecule has 1 N–H and O–H groups in total. The van der Waals surface area contributed by atoms with Gasteiger partial charge in [0.2, 0.25) is 5.95 Å². The summed E-state index contributed by atoms with van der Waals surface area (Å²) < 4.78 is 5.34. The van der Waals surface area contributed by atoms with Crippen LogP contribution in [0.5, 0.6) is 0 Å². The zero-order valence-electron chi connectivity index (χ0n) is 12.5. The lowest BCUT2D eigenvalue weighted by Crippen LogP contribution is -2.39. The summed E-state index contributed by atoms with van der Waals surface area (Å²) >= 11 is 0. The van der Waals surface area contributed by atoms with Crippen LogP contribution in [0.3, 0.4) is 0 Å². The van der Waals surface area contributed by atoms with Gasteiger partial charge >= 0.3 is 0 Å². The van der Waals surface area contributed by atoms with E-state index < -0.39 is 0 Å². The van der Waals surface area contributed by atoms with Gasteiger partial charge in [0.15, 0.2) is 5.82 Å². The van der Waals surface area contributed by atoms with Gasteiger partial charge in [0.25, 0.3) is 0 Å². The first-order chi connectivity index (χ1) is 10.4. The van der Waals surface area contributed by atoms with Crippen molar-refractivity contribution in [3.05, 3.63) is 6.20 Å². The molecule has 7 heteroatoms. The molecule has 0 unspecified atom stereocenters. The van der Waals surface area contributed by atoms with Crippen LogP contribution in [0.15, 0.2) is 6.20 Å². The number of hydrogen-bond donors (Lipinski definition) is 1. The molecular formula is C14H24N6O. The number of ether oxygens (including phenoxy) is 1. The van der Waals surface area contributed by atoms with Crippen LogP contribution < -0.4 is 10.2 Å². The number of nitrogens with one attached hydrogen (secondary N) is 1. The van der Waals surface area contributed by atoms with E-state index in [0.29, 0.717) is 5.95 Å². The van der Waals surface area contributed by atoms with Crippen LogP contribution in [0.1, 0.15) is 19.3 Å². The molecule has 0 saturated carbocycles. The van der Waals surface area contributed by atoms with Crippen molar-refractivity contribution >= 4 is 11.8 Å². The monoisotopic (exact) mass is 292 g/mol. The summed E-state index contributed by atoms with van der Waals surface area (Å²) in [6.45, 7) is 7.66. The highest BCUT2D eigenvalue weighted by molar-refractivity contribution is 5.40. The molecule has 7 nitrogen and oxygen atoms in total. The number of hydrogen-bond acceptors (Lipinski definition) is 7. The highest BCUT2D eigenvalue weighted by Gasteiger charge is 2.14. The Morgan fingerprint density at radius 2 is 1.90 bits per heavy atom. The number of aromatic nitrogens is 3. The molecule has 0 radical (unpaired) electrons. The summed E-state index contributed by atoms with van der Waals surface area (Å²) in [5.74, 6) is 1.57. The molecule has 2 fully saturated rings. The van der Waals surface area contributed by atoms with Gasteiger partial charge < -0.3 is 15.0 Å². The highest BCUT2D eigenvalue weighted by atomic mass is 16.5. The molecule has 0 atom stereocenters. The second kappa shape index (κ2) is 7.51. The molecule has 2 saturated heterocycles. The molecule has 21 heavy (non-hydrogen) atoms. The maximum atomic E-state index is 5.34. The lowest BCUT2D eigenvalue weighted by atomic mass is 10.1. The fourth-order valence-corrected chi connectivity index (χ4v) is 2.80. The minimum atomic E-state index is 0.631. The van der Waals surface area contributed by atoms with Crippen LogP contribution in [-0.2, 0) is 4.74 Å². The number of piperidine rings is 1. The van der Waals surface area contributed by atoms with Crippen molar-refractivity contribution in [3.63, 3.8) is 0 Å². The Morgan fingerprint density at radius 3 is 2.71 bits per heavy atom. The average Bonchev–Trinajstić information content (AvgIpc) is 2.57. The summed E-state index contributed by atoms with van der Waals surface area (Å²) in [5, 5.41) is 11.4. The molecule has 3 heterocycles. The van der Waals surface area contributed by atoms with Crippen molar-refractivity contribution < 1.29 is 4.74 Å². The van der Waals surface area contributed by atoms with Crippen molar-refractivity contribution in [2.24, 2.45) is 0 Å². The second-order valence-corrected chi connectivity index (χ2v) is 5.57. The van der Waals surface area contributed by atoms with E-state index in [1.165, 1.54) is 19.3 Å². The summed E-state index contributed by atoms with van der Waals surface area (Å²) in [7, 11) is 0. The van der Waals surface area contributed by atoms with E-state index in [0.717, 1.165) is 58.3 Å². The standard InChI is InChI=1S/C14H24N6O/c1-2-5-20(6-3-1)13-12-16-18-14(17-13)15-4-7-19-8-10-21-11-9-19/h12H,1-11H2,(H,15,17,18). The molecule has 0 amide bonds. The van der Waals surface area contributed by atoms with Gasteiger partial charge in [0.1, 0.15) is 0 Å². The Kier molecular flexibility index (Phi) is 5.18. The second-order valence-electron chi connectivity index (χ2n) is 5.57. The Bertz CT molecular complexity index is 431. The molecule has 116 valence electrons. The van der Waals surface area contributed by atoms with Gasteiger partial charge in [-0.2, -0.15) is 10.1 Å². The quantitative estimate of drug-likeness (QED) is 0.852. The maximum absolute atomic E-state index is 5.34. The van der Waals surface area contributed by atoms with Gasteiger partial charge in [-0.25, -0.2) is 0 Å². The molecule has 0 aromatic carbocycles. The fraction of sp³-hybridized carbons (Fsp3) is 0.786. The van der Waals surface area contributed by atoms with Gasteiger partial charge in [0.05, 0.1) is 19.4 Å². The van der Waals surface area contributed by atoms with E-state index in [9.17, 15) is 0 Å². The van der Waals surface area contributed by atoms with Crippen molar-refractivity contribution in [1.29, 1.82) is 0 Å². The van der Waals surface area contributed by atoms with Gasteiger partial charge in [-0.1, -0.05) is 0 Å². The number of rotatable bonds is 5. The van der Waals surface area contributed by atoms with Crippen LogP contribution in [-0.4, -0.2) is 72.6 Å². The van der Waals surface area contributed by atoms with E-state index in [1.54, 1.807) is 6.20 Å². The van der Waals surface area contributed by atoms with Gasteiger partial charge in [-0.3, -0.25) is 4.90 Å². The zero-order chi connectivity index (χ0) is 14.3. The first-order valence-corrected chi connectivity index (χ1v) is 7.90. The predicted octanol–water partition coefficient (Wildman–Crippen LogP) is 0.606. The largest absolute Gasteiger partial charge is 0.379 e. The number of morpholine rings is 1. The molecule has 3 rings (SSSR count). The minimum Gasteiger partial charge on any atom is -0.379 e.